The molecule has 0 aliphatic carbocycles. The van der Waals surface area contributed by atoms with E-state index in [-0.39, 0.29) is 23.0 Å². The number of nitrogens with zero attached hydrogens (tertiary/aromatic N) is 2. The summed E-state index contributed by atoms with van der Waals surface area (Å²) in [6.45, 7) is -0.00372. The summed E-state index contributed by atoms with van der Waals surface area (Å²) in [6.07, 6.45) is 1.59. The molecule has 0 atom stereocenters. The summed E-state index contributed by atoms with van der Waals surface area (Å²) in [7, 11) is 0. The number of carbonyl (C=O) groups excluding carboxylic acids is 1. The monoisotopic (exact) mass is 340 g/mol. The van der Waals surface area contributed by atoms with E-state index in [2.05, 4.69) is 4.98 Å². The zero-order chi connectivity index (χ0) is 16.9. The number of anilines is 1. The summed E-state index contributed by atoms with van der Waals surface area (Å²) in [4.78, 5) is 18.5. The zero-order valence-corrected chi connectivity index (χ0v) is 13.4. The third-order valence-electron chi connectivity index (χ3n) is 3.57. The molecule has 0 saturated carbocycles. The molecule has 0 aliphatic rings. The lowest BCUT2D eigenvalue weighted by atomic mass is 10.1. The SMILES string of the molecule is O=C(c1ccccc1)N(Cc1c(F)cccc1Cl)c1ccccn1. The maximum atomic E-state index is 14.1. The number of rotatable bonds is 4. The highest BCUT2D eigenvalue weighted by atomic mass is 35.5. The second kappa shape index (κ2) is 7.23. The van der Waals surface area contributed by atoms with E-state index in [0.29, 0.717) is 11.4 Å². The zero-order valence-electron chi connectivity index (χ0n) is 12.7. The van der Waals surface area contributed by atoms with Gasteiger partial charge in [0.15, 0.2) is 0 Å². The van der Waals surface area contributed by atoms with Crippen LogP contribution in [-0.2, 0) is 6.54 Å². The van der Waals surface area contributed by atoms with E-state index in [0.717, 1.165) is 0 Å². The fourth-order valence-electron chi connectivity index (χ4n) is 2.35. The minimum Gasteiger partial charge on any atom is -0.288 e. The Balaban J connectivity index is 2.02. The number of hydrogen-bond acceptors (Lipinski definition) is 2. The van der Waals surface area contributed by atoms with E-state index in [1.165, 1.54) is 17.0 Å². The van der Waals surface area contributed by atoms with E-state index < -0.39 is 5.82 Å². The first-order chi connectivity index (χ1) is 11.7. The Morgan fingerprint density at radius 3 is 2.42 bits per heavy atom. The molecule has 3 rings (SSSR count). The van der Waals surface area contributed by atoms with Gasteiger partial charge in [-0.1, -0.05) is 41.9 Å². The van der Waals surface area contributed by atoms with Crippen molar-refractivity contribution in [3.05, 3.63) is 94.9 Å². The average molecular weight is 341 g/mol. The molecule has 1 amide bonds. The molecular weight excluding hydrogens is 327 g/mol. The van der Waals surface area contributed by atoms with Crippen LogP contribution in [0.5, 0.6) is 0 Å². The van der Waals surface area contributed by atoms with Crippen LogP contribution < -0.4 is 4.90 Å². The molecule has 0 N–H and O–H groups in total. The van der Waals surface area contributed by atoms with Gasteiger partial charge >= 0.3 is 0 Å². The molecule has 2 aromatic carbocycles. The van der Waals surface area contributed by atoms with E-state index >= 15 is 0 Å². The van der Waals surface area contributed by atoms with Crippen LogP contribution in [0.2, 0.25) is 5.02 Å². The fraction of sp³-hybridized carbons (Fsp3) is 0.0526. The predicted molar refractivity (Wildman–Crippen MR) is 92.6 cm³/mol. The minimum atomic E-state index is -0.454. The fourth-order valence-corrected chi connectivity index (χ4v) is 2.57. The molecule has 0 radical (unpaired) electrons. The number of carbonyl (C=O) groups is 1. The van der Waals surface area contributed by atoms with Gasteiger partial charge in [0.25, 0.3) is 5.91 Å². The molecule has 0 bridgehead atoms. The quantitative estimate of drug-likeness (QED) is 0.688. The van der Waals surface area contributed by atoms with Gasteiger partial charge in [0.05, 0.1) is 6.54 Å². The number of amides is 1. The van der Waals surface area contributed by atoms with Crippen LogP contribution in [0.15, 0.2) is 72.9 Å². The van der Waals surface area contributed by atoms with Crippen molar-refractivity contribution in [2.24, 2.45) is 0 Å². The molecule has 5 heteroatoms. The summed E-state index contributed by atoms with van der Waals surface area (Å²) in [6, 6.07) is 18.5. The van der Waals surface area contributed by atoms with Gasteiger partial charge in [-0.15, -0.1) is 0 Å². The Bertz CT molecular complexity index is 820. The lowest BCUT2D eigenvalue weighted by Gasteiger charge is -2.22. The lowest BCUT2D eigenvalue weighted by Crippen LogP contribution is -2.31. The minimum absolute atomic E-state index is 0.00372. The predicted octanol–water partition coefficient (Wildman–Crippen LogP) is 4.72. The molecule has 24 heavy (non-hydrogen) atoms. The van der Waals surface area contributed by atoms with Gasteiger partial charge in [0.2, 0.25) is 0 Å². The lowest BCUT2D eigenvalue weighted by molar-refractivity contribution is 0.0984. The number of benzene rings is 2. The van der Waals surface area contributed by atoms with Gasteiger partial charge in [-0.25, -0.2) is 9.37 Å². The Morgan fingerprint density at radius 1 is 1.00 bits per heavy atom. The van der Waals surface area contributed by atoms with Crippen LogP contribution in [0.25, 0.3) is 0 Å². The van der Waals surface area contributed by atoms with Gasteiger partial charge in [-0.3, -0.25) is 9.69 Å². The van der Waals surface area contributed by atoms with Crippen molar-refractivity contribution >= 4 is 23.3 Å². The molecule has 120 valence electrons. The molecule has 0 fully saturated rings. The number of hydrogen-bond donors (Lipinski definition) is 0. The molecular formula is C19H14ClFN2O. The van der Waals surface area contributed by atoms with E-state index in [4.69, 9.17) is 11.6 Å². The van der Waals surface area contributed by atoms with Crippen molar-refractivity contribution in [3.8, 4) is 0 Å². The van der Waals surface area contributed by atoms with Crippen LogP contribution in [0.3, 0.4) is 0 Å². The van der Waals surface area contributed by atoms with Gasteiger partial charge in [-0.05, 0) is 36.4 Å². The van der Waals surface area contributed by atoms with E-state index in [9.17, 15) is 9.18 Å². The summed E-state index contributed by atoms with van der Waals surface area (Å²) in [5.74, 6) is -0.288. The third-order valence-corrected chi connectivity index (χ3v) is 3.92. The van der Waals surface area contributed by atoms with E-state index in [1.807, 2.05) is 6.07 Å². The first-order valence-electron chi connectivity index (χ1n) is 7.37. The molecule has 0 unspecified atom stereocenters. The highest BCUT2D eigenvalue weighted by Gasteiger charge is 2.21. The standard InChI is InChI=1S/C19H14ClFN2O/c20-16-9-6-10-17(21)15(16)13-23(18-11-4-5-12-22-18)19(24)14-7-2-1-3-8-14/h1-12H,13H2. The number of aromatic nitrogens is 1. The maximum absolute atomic E-state index is 14.1. The molecule has 3 nitrogen and oxygen atoms in total. The van der Waals surface area contributed by atoms with Crippen LogP contribution in [0, 0.1) is 5.82 Å². The number of halogens is 2. The Kier molecular flexibility index (Phi) is 4.87. The summed E-state index contributed by atoms with van der Waals surface area (Å²) in [5.41, 5.74) is 0.754. The average Bonchev–Trinajstić information content (AvgIpc) is 2.62. The highest BCUT2D eigenvalue weighted by Crippen LogP contribution is 2.24. The van der Waals surface area contributed by atoms with Crippen LogP contribution in [0.1, 0.15) is 15.9 Å². The van der Waals surface area contributed by atoms with Crippen molar-refractivity contribution in [2.75, 3.05) is 4.90 Å². The van der Waals surface area contributed by atoms with Gasteiger partial charge < -0.3 is 0 Å². The Hall–Kier alpha value is -2.72. The van der Waals surface area contributed by atoms with E-state index in [1.54, 1.807) is 54.7 Å². The smallest absolute Gasteiger partial charge is 0.259 e. The molecule has 1 aromatic heterocycles. The van der Waals surface area contributed by atoms with Crippen LogP contribution in [0.4, 0.5) is 10.2 Å². The molecule has 1 heterocycles. The van der Waals surface area contributed by atoms with Crippen molar-refractivity contribution < 1.29 is 9.18 Å². The van der Waals surface area contributed by atoms with Gasteiger partial charge in [0, 0.05) is 22.3 Å². The first-order valence-corrected chi connectivity index (χ1v) is 7.75. The van der Waals surface area contributed by atoms with Crippen molar-refractivity contribution in [2.45, 2.75) is 6.54 Å². The highest BCUT2D eigenvalue weighted by molar-refractivity contribution is 6.31. The summed E-state index contributed by atoms with van der Waals surface area (Å²) >= 11 is 6.11. The van der Waals surface area contributed by atoms with Crippen molar-refractivity contribution in [3.63, 3.8) is 0 Å². The largest absolute Gasteiger partial charge is 0.288 e. The first kappa shape index (κ1) is 16.1. The van der Waals surface area contributed by atoms with Crippen molar-refractivity contribution in [1.82, 2.24) is 4.98 Å². The topological polar surface area (TPSA) is 33.2 Å². The number of pyridine rings is 1. The second-order valence-electron chi connectivity index (χ2n) is 5.15. The Morgan fingerprint density at radius 2 is 1.75 bits per heavy atom. The normalized spacial score (nSPS) is 10.4. The third kappa shape index (κ3) is 3.44. The molecule has 0 aliphatic heterocycles. The molecule has 3 aromatic rings. The molecule has 0 spiro atoms. The van der Waals surface area contributed by atoms with Crippen LogP contribution >= 0.6 is 11.6 Å². The maximum Gasteiger partial charge on any atom is 0.259 e. The molecule has 0 saturated heterocycles. The van der Waals surface area contributed by atoms with Crippen molar-refractivity contribution in [1.29, 1.82) is 0 Å². The Labute approximate surface area is 144 Å². The van der Waals surface area contributed by atoms with Crippen LogP contribution in [-0.4, -0.2) is 10.9 Å². The second-order valence-corrected chi connectivity index (χ2v) is 5.55. The summed E-state index contributed by atoms with van der Waals surface area (Å²) < 4.78 is 14.1. The van der Waals surface area contributed by atoms with Gasteiger partial charge in [0.1, 0.15) is 11.6 Å². The summed E-state index contributed by atoms with van der Waals surface area (Å²) in [5, 5.41) is 0.275. The van der Waals surface area contributed by atoms with Gasteiger partial charge in [-0.2, -0.15) is 0 Å².